The zero-order valence-corrected chi connectivity index (χ0v) is 24.4. The van der Waals surface area contributed by atoms with Crippen molar-refractivity contribution in [3.8, 4) is 17.1 Å². The fourth-order valence-corrected chi connectivity index (χ4v) is 4.88. The summed E-state index contributed by atoms with van der Waals surface area (Å²) in [5.74, 6) is 2.75. The number of hydrogen-bond acceptors (Lipinski definition) is 6. The van der Waals surface area contributed by atoms with Crippen LogP contribution in [0.25, 0.3) is 22.6 Å². The first kappa shape index (κ1) is 31.6. The quantitative estimate of drug-likeness (QED) is 0.259. The highest BCUT2D eigenvalue weighted by Gasteiger charge is 2.21. The molecule has 1 aromatic carbocycles. The highest BCUT2D eigenvalue weighted by Crippen LogP contribution is 2.27. The molecule has 0 bridgehead atoms. The first-order chi connectivity index (χ1) is 18.9. The van der Waals surface area contributed by atoms with E-state index in [4.69, 9.17) is 19.4 Å². The minimum atomic E-state index is 0. The zero-order valence-electron chi connectivity index (χ0n) is 24.4. The number of amides is 1. The normalized spacial score (nSPS) is 14.1. The summed E-state index contributed by atoms with van der Waals surface area (Å²) in [4.78, 5) is 28.0. The number of morpholine rings is 1. The maximum absolute atomic E-state index is 13.7. The molecule has 1 aliphatic rings. The summed E-state index contributed by atoms with van der Waals surface area (Å²) in [5.41, 5.74) is 3.06. The summed E-state index contributed by atoms with van der Waals surface area (Å²) in [6.07, 6.45) is 2.92. The molecule has 0 unspecified atom stereocenters. The van der Waals surface area contributed by atoms with Crippen molar-refractivity contribution < 1.29 is 14.3 Å². The van der Waals surface area contributed by atoms with Gasteiger partial charge in [-0.2, -0.15) is 0 Å². The number of imidazole rings is 1. The second-order valence-electron chi connectivity index (χ2n) is 11.3. The van der Waals surface area contributed by atoms with Crippen molar-refractivity contribution in [1.82, 2.24) is 24.3 Å². The molecular formula is C32H49N5O3. The van der Waals surface area contributed by atoms with E-state index in [2.05, 4.69) is 37.2 Å². The van der Waals surface area contributed by atoms with Crippen molar-refractivity contribution in [1.29, 1.82) is 0 Å². The molecule has 8 nitrogen and oxygen atoms in total. The largest absolute Gasteiger partial charge is 0.497 e. The Balaban J connectivity index is 0.00000441. The molecule has 0 saturated carbocycles. The van der Waals surface area contributed by atoms with Crippen LogP contribution >= 0.6 is 0 Å². The predicted octanol–water partition coefficient (Wildman–Crippen LogP) is 6.00. The second-order valence-corrected chi connectivity index (χ2v) is 11.3. The number of carbonyl (C=O) groups excluding carboxylic acids is 1. The lowest BCUT2D eigenvalue weighted by molar-refractivity contribution is 0.0370. The van der Waals surface area contributed by atoms with Gasteiger partial charge in [0, 0.05) is 44.8 Å². The van der Waals surface area contributed by atoms with E-state index in [1.165, 1.54) is 0 Å². The third-order valence-corrected chi connectivity index (χ3v) is 7.36. The van der Waals surface area contributed by atoms with Crippen molar-refractivity contribution in [2.75, 3.05) is 53.0 Å². The molecule has 0 N–H and O–H groups in total. The van der Waals surface area contributed by atoms with Crippen LogP contribution in [0.3, 0.4) is 0 Å². The summed E-state index contributed by atoms with van der Waals surface area (Å²) in [6, 6.07) is 11.8. The Bertz CT molecular complexity index is 1190. The summed E-state index contributed by atoms with van der Waals surface area (Å²) in [7, 11) is 1.67. The molecule has 0 radical (unpaired) electrons. The molecule has 40 heavy (non-hydrogen) atoms. The van der Waals surface area contributed by atoms with Crippen LogP contribution in [-0.2, 0) is 11.3 Å². The van der Waals surface area contributed by atoms with Crippen LogP contribution in [0.4, 0.5) is 0 Å². The third-order valence-electron chi connectivity index (χ3n) is 7.36. The van der Waals surface area contributed by atoms with Gasteiger partial charge in [-0.3, -0.25) is 9.69 Å². The molecule has 1 aliphatic heterocycles. The first-order valence-corrected chi connectivity index (χ1v) is 14.5. The maximum atomic E-state index is 13.7. The molecule has 220 valence electrons. The fourth-order valence-electron chi connectivity index (χ4n) is 4.88. The number of fused-ring (bicyclic) bond motifs is 1. The Labute approximate surface area is 240 Å². The standard InChI is InChI=1S/C31H45N5O3.CH4/c1-23(2)13-17-35(18-14-24(3)4)31(37)28-12-11-27-30(33-28)36(16-6-15-34-19-21-39-22-20-34)29(32-27)25-7-9-26(38-5)10-8-25;/h7-12,23-24H,6,13-22H2,1-5H3;1H4. The van der Waals surface area contributed by atoms with Gasteiger partial charge in [0.25, 0.3) is 5.91 Å². The third kappa shape index (κ3) is 8.27. The molecule has 1 amide bonds. The first-order valence-electron chi connectivity index (χ1n) is 14.5. The highest BCUT2D eigenvalue weighted by atomic mass is 16.5. The van der Waals surface area contributed by atoms with E-state index in [0.717, 1.165) is 100 Å². The lowest BCUT2D eigenvalue weighted by Crippen LogP contribution is -2.37. The van der Waals surface area contributed by atoms with Crippen molar-refractivity contribution in [2.45, 2.75) is 60.9 Å². The van der Waals surface area contributed by atoms with Gasteiger partial charge in [0.05, 0.1) is 20.3 Å². The van der Waals surface area contributed by atoms with Gasteiger partial charge >= 0.3 is 0 Å². The Morgan fingerprint density at radius 2 is 1.60 bits per heavy atom. The van der Waals surface area contributed by atoms with E-state index in [9.17, 15) is 4.79 Å². The van der Waals surface area contributed by atoms with E-state index in [0.29, 0.717) is 17.5 Å². The van der Waals surface area contributed by atoms with Crippen molar-refractivity contribution >= 4 is 17.1 Å². The number of pyridine rings is 1. The molecule has 3 aromatic rings. The monoisotopic (exact) mass is 551 g/mol. The van der Waals surface area contributed by atoms with Crippen LogP contribution in [0.1, 0.15) is 64.9 Å². The predicted molar refractivity (Wildman–Crippen MR) is 163 cm³/mol. The van der Waals surface area contributed by atoms with Crippen LogP contribution in [0.2, 0.25) is 0 Å². The van der Waals surface area contributed by atoms with E-state index in [1.54, 1.807) is 7.11 Å². The average Bonchev–Trinajstić information content (AvgIpc) is 3.30. The van der Waals surface area contributed by atoms with E-state index in [1.807, 2.05) is 41.3 Å². The van der Waals surface area contributed by atoms with E-state index in [-0.39, 0.29) is 13.3 Å². The second kappa shape index (κ2) is 15.1. The minimum Gasteiger partial charge on any atom is -0.497 e. The maximum Gasteiger partial charge on any atom is 0.272 e. The Kier molecular flexibility index (Phi) is 11.9. The molecular weight excluding hydrogens is 502 g/mol. The fraction of sp³-hybridized carbons (Fsp3) is 0.594. The lowest BCUT2D eigenvalue weighted by atomic mass is 10.1. The topological polar surface area (TPSA) is 72.7 Å². The van der Waals surface area contributed by atoms with Crippen molar-refractivity contribution in [3.05, 3.63) is 42.1 Å². The molecule has 8 heteroatoms. The number of nitrogens with zero attached hydrogens (tertiary/aromatic N) is 5. The molecule has 0 atom stereocenters. The highest BCUT2D eigenvalue weighted by molar-refractivity contribution is 5.94. The molecule has 2 aromatic heterocycles. The van der Waals surface area contributed by atoms with Crippen LogP contribution in [0.15, 0.2) is 36.4 Å². The van der Waals surface area contributed by atoms with Gasteiger partial charge in [0.15, 0.2) is 5.65 Å². The molecule has 4 rings (SSSR count). The molecule has 3 heterocycles. The van der Waals surface area contributed by atoms with Gasteiger partial charge in [0.2, 0.25) is 0 Å². The van der Waals surface area contributed by atoms with E-state index < -0.39 is 0 Å². The number of aryl methyl sites for hydroxylation is 1. The van der Waals surface area contributed by atoms with Gasteiger partial charge < -0.3 is 18.9 Å². The van der Waals surface area contributed by atoms with Crippen LogP contribution in [0, 0.1) is 11.8 Å². The minimum absolute atomic E-state index is 0. The molecule has 1 saturated heterocycles. The van der Waals surface area contributed by atoms with Gasteiger partial charge in [-0.15, -0.1) is 0 Å². The molecule has 0 spiro atoms. The van der Waals surface area contributed by atoms with Gasteiger partial charge in [-0.05, 0) is 67.5 Å². The molecule has 1 fully saturated rings. The number of aromatic nitrogens is 3. The van der Waals surface area contributed by atoms with Crippen LogP contribution in [0.5, 0.6) is 5.75 Å². The number of benzene rings is 1. The number of ether oxygens (including phenoxy) is 2. The summed E-state index contributed by atoms with van der Waals surface area (Å²) < 4.78 is 13.1. The average molecular weight is 552 g/mol. The smallest absolute Gasteiger partial charge is 0.272 e. The SMILES string of the molecule is C.COc1ccc(-c2nc3ccc(C(=O)N(CCC(C)C)CCC(C)C)nc3n2CCCN2CCOCC2)cc1. The van der Waals surface area contributed by atoms with Crippen LogP contribution < -0.4 is 4.74 Å². The Hall–Kier alpha value is -2.97. The summed E-state index contributed by atoms with van der Waals surface area (Å²) in [5, 5.41) is 0. The van der Waals surface area contributed by atoms with Gasteiger partial charge in [-0.1, -0.05) is 35.1 Å². The van der Waals surface area contributed by atoms with Crippen LogP contribution in [-0.4, -0.2) is 83.3 Å². The molecule has 0 aliphatic carbocycles. The van der Waals surface area contributed by atoms with Crippen molar-refractivity contribution in [3.63, 3.8) is 0 Å². The Morgan fingerprint density at radius 1 is 0.950 bits per heavy atom. The summed E-state index contributed by atoms with van der Waals surface area (Å²) in [6.45, 7) is 15.6. The lowest BCUT2D eigenvalue weighted by Gasteiger charge is -2.26. The van der Waals surface area contributed by atoms with E-state index >= 15 is 0 Å². The zero-order chi connectivity index (χ0) is 27.8. The van der Waals surface area contributed by atoms with Crippen molar-refractivity contribution in [2.24, 2.45) is 11.8 Å². The Morgan fingerprint density at radius 3 is 2.20 bits per heavy atom. The summed E-state index contributed by atoms with van der Waals surface area (Å²) >= 11 is 0. The van der Waals surface area contributed by atoms with Gasteiger partial charge in [0.1, 0.15) is 22.8 Å². The number of hydrogen-bond donors (Lipinski definition) is 0. The number of carbonyl (C=O) groups is 1. The van der Waals surface area contributed by atoms with Gasteiger partial charge in [-0.25, -0.2) is 9.97 Å². The number of rotatable bonds is 13. The number of methoxy groups -OCH3 is 1.